The predicted octanol–water partition coefficient (Wildman–Crippen LogP) is 5.65. The molecule has 0 saturated heterocycles. The highest BCUT2D eigenvalue weighted by Crippen LogP contribution is 2.33. The van der Waals surface area contributed by atoms with E-state index in [0.717, 1.165) is 55.8 Å². The molecule has 6 aromatic rings. The second kappa shape index (κ2) is 8.41. The monoisotopic (exact) mass is 490 g/mol. The van der Waals surface area contributed by atoms with Gasteiger partial charge in [-0.05, 0) is 42.8 Å². The van der Waals surface area contributed by atoms with E-state index in [1.165, 1.54) is 0 Å². The second-order valence-electron chi connectivity index (χ2n) is 10.2. The Labute approximate surface area is 213 Å². The average Bonchev–Trinajstić information content (AvgIpc) is 3.60. The molecule has 9 nitrogen and oxygen atoms in total. The SMILES string of the molecule is Cc1cn(-c2ccnc3[nH]c(-c4n[nH]c5ccc(-c6cncc(NC(=O)C(C)(C)C)c6)cc45)cc23)cn1. The van der Waals surface area contributed by atoms with E-state index >= 15 is 0 Å². The third-order valence-corrected chi connectivity index (χ3v) is 6.33. The summed E-state index contributed by atoms with van der Waals surface area (Å²) < 4.78 is 2.00. The lowest BCUT2D eigenvalue weighted by molar-refractivity contribution is -0.123. The predicted molar refractivity (Wildman–Crippen MR) is 144 cm³/mol. The number of nitrogens with one attached hydrogen (secondary N) is 3. The number of carbonyl (C=O) groups excluding carboxylic acids is 1. The van der Waals surface area contributed by atoms with E-state index in [4.69, 9.17) is 0 Å². The number of aryl methyl sites for hydroxylation is 1. The highest BCUT2D eigenvalue weighted by molar-refractivity contribution is 5.99. The van der Waals surface area contributed by atoms with E-state index in [0.29, 0.717) is 5.69 Å². The van der Waals surface area contributed by atoms with Gasteiger partial charge in [-0.1, -0.05) is 26.8 Å². The number of fused-ring (bicyclic) bond motifs is 2. The molecule has 0 aliphatic carbocycles. The highest BCUT2D eigenvalue weighted by Gasteiger charge is 2.21. The summed E-state index contributed by atoms with van der Waals surface area (Å²) in [5.41, 5.74) is 7.33. The Morgan fingerprint density at radius 2 is 1.86 bits per heavy atom. The summed E-state index contributed by atoms with van der Waals surface area (Å²) in [6.07, 6.45) is 9.03. The zero-order chi connectivity index (χ0) is 25.7. The molecule has 0 spiro atoms. The van der Waals surface area contributed by atoms with E-state index in [9.17, 15) is 4.79 Å². The topological polar surface area (TPSA) is 117 Å². The molecule has 0 aliphatic rings. The Morgan fingerprint density at radius 1 is 1.00 bits per heavy atom. The van der Waals surface area contributed by atoms with Crippen LogP contribution < -0.4 is 5.32 Å². The van der Waals surface area contributed by atoms with Crippen molar-refractivity contribution in [3.8, 4) is 28.2 Å². The summed E-state index contributed by atoms with van der Waals surface area (Å²) in [6.45, 7) is 7.61. The van der Waals surface area contributed by atoms with Crippen LogP contribution in [0.1, 0.15) is 26.5 Å². The maximum Gasteiger partial charge on any atom is 0.229 e. The van der Waals surface area contributed by atoms with E-state index in [1.54, 1.807) is 24.9 Å². The minimum Gasteiger partial charge on any atom is -0.338 e. The van der Waals surface area contributed by atoms with Crippen molar-refractivity contribution in [1.29, 1.82) is 0 Å². The second-order valence-corrected chi connectivity index (χ2v) is 10.2. The molecule has 0 saturated carbocycles. The number of benzene rings is 1. The summed E-state index contributed by atoms with van der Waals surface area (Å²) >= 11 is 0. The Balaban J connectivity index is 1.40. The van der Waals surface area contributed by atoms with Crippen molar-refractivity contribution in [2.45, 2.75) is 27.7 Å². The van der Waals surface area contributed by atoms with Crippen LogP contribution in [0.3, 0.4) is 0 Å². The van der Waals surface area contributed by atoms with Gasteiger partial charge in [-0.3, -0.25) is 14.9 Å². The summed E-state index contributed by atoms with van der Waals surface area (Å²) in [6, 6.07) is 12.1. The number of hydrogen-bond donors (Lipinski definition) is 3. The van der Waals surface area contributed by atoms with Crippen LogP contribution in [0.4, 0.5) is 5.69 Å². The highest BCUT2D eigenvalue weighted by atomic mass is 16.2. The first kappa shape index (κ1) is 22.7. The smallest absolute Gasteiger partial charge is 0.229 e. The minimum atomic E-state index is -0.494. The Morgan fingerprint density at radius 3 is 2.65 bits per heavy atom. The third-order valence-electron chi connectivity index (χ3n) is 6.33. The number of hydrogen-bond acceptors (Lipinski definition) is 5. The zero-order valence-corrected chi connectivity index (χ0v) is 21.0. The summed E-state index contributed by atoms with van der Waals surface area (Å²) in [5, 5.41) is 12.6. The number of nitrogens with zero attached hydrogens (tertiary/aromatic N) is 5. The number of imidazole rings is 1. The molecule has 0 bridgehead atoms. The van der Waals surface area contributed by atoms with Gasteiger partial charge in [0.25, 0.3) is 0 Å². The molecule has 9 heteroatoms. The quantitative estimate of drug-likeness (QED) is 0.295. The number of carbonyl (C=O) groups is 1. The van der Waals surface area contributed by atoms with Crippen LogP contribution in [-0.2, 0) is 4.79 Å². The number of rotatable bonds is 4. The van der Waals surface area contributed by atoms with Gasteiger partial charge in [-0.15, -0.1) is 0 Å². The molecule has 1 amide bonds. The van der Waals surface area contributed by atoms with Crippen LogP contribution in [0.5, 0.6) is 0 Å². The fourth-order valence-electron chi connectivity index (χ4n) is 4.30. The molecule has 0 atom stereocenters. The number of pyridine rings is 2. The van der Waals surface area contributed by atoms with Crippen LogP contribution in [0.25, 0.3) is 50.1 Å². The molecule has 37 heavy (non-hydrogen) atoms. The van der Waals surface area contributed by atoms with Crippen molar-refractivity contribution in [1.82, 2.24) is 34.7 Å². The number of anilines is 1. The molecule has 5 aromatic heterocycles. The first-order chi connectivity index (χ1) is 17.8. The number of aromatic amines is 2. The van der Waals surface area contributed by atoms with E-state index in [1.807, 2.05) is 62.7 Å². The largest absolute Gasteiger partial charge is 0.338 e. The van der Waals surface area contributed by atoms with Gasteiger partial charge in [0.2, 0.25) is 5.91 Å². The van der Waals surface area contributed by atoms with E-state index < -0.39 is 5.41 Å². The average molecular weight is 491 g/mol. The molecular weight excluding hydrogens is 464 g/mol. The molecule has 1 aromatic carbocycles. The fraction of sp³-hybridized carbons (Fsp3) is 0.179. The number of amides is 1. The van der Waals surface area contributed by atoms with Crippen molar-refractivity contribution >= 4 is 33.5 Å². The normalized spacial score (nSPS) is 11.9. The minimum absolute atomic E-state index is 0.0586. The molecule has 0 fully saturated rings. The van der Waals surface area contributed by atoms with Gasteiger partial charge in [0.15, 0.2) is 0 Å². The van der Waals surface area contributed by atoms with E-state index in [2.05, 4.69) is 47.6 Å². The van der Waals surface area contributed by atoms with Gasteiger partial charge in [0.1, 0.15) is 11.3 Å². The lowest BCUT2D eigenvalue weighted by atomic mass is 9.95. The Hall–Kier alpha value is -4.79. The van der Waals surface area contributed by atoms with Gasteiger partial charge in [0.05, 0.1) is 40.8 Å². The Bertz CT molecular complexity index is 1780. The van der Waals surface area contributed by atoms with Crippen molar-refractivity contribution in [3.05, 3.63) is 73.2 Å². The van der Waals surface area contributed by atoms with E-state index in [-0.39, 0.29) is 5.91 Å². The van der Waals surface area contributed by atoms with Gasteiger partial charge in [-0.2, -0.15) is 5.10 Å². The van der Waals surface area contributed by atoms with Gasteiger partial charge in [0, 0.05) is 40.3 Å². The van der Waals surface area contributed by atoms with Gasteiger partial charge >= 0.3 is 0 Å². The van der Waals surface area contributed by atoms with Crippen molar-refractivity contribution in [2.24, 2.45) is 5.41 Å². The molecule has 0 radical (unpaired) electrons. The summed E-state index contributed by atoms with van der Waals surface area (Å²) in [5.74, 6) is -0.0586. The van der Waals surface area contributed by atoms with Crippen LogP contribution in [0.15, 0.2) is 67.5 Å². The van der Waals surface area contributed by atoms with Gasteiger partial charge in [-0.25, -0.2) is 9.97 Å². The lowest BCUT2D eigenvalue weighted by Gasteiger charge is -2.17. The van der Waals surface area contributed by atoms with Crippen LogP contribution in [0.2, 0.25) is 0 Å². The molecule has 184 valence electrons. The number of H-pyrrole nitrogens is 2. The standard InChI is InChI=1S/C28H26N8O/c1-16-14-36(15-31-16)24-7-8-30-26-21(24)11-23(33-26)25-20-10-17(5-6-22(20)34-35-25)18-9-19(13-29-12-18)32-27(37)28(2,3)4/h5-15H,1-4H3,(H,30,33)(H,32,37)(H,34,35). The van der Waals surface area contributed by atoms with Crippen molar-refractivity contribution in [2.75, 3.05) is 5.32 Å². The number of aromatic nitrogens is 7. The molecule has 6 rings (SSSR count). The molecule has 0 unspecified atom stereocenters. The third kappa shape index (κ3) is 4.14. The van der Waals surface area contributed by atoms with Crippen molar-refractivity contribution < 1.29 is 4.79 Å². The summed E-state index contributed by atoms with van der Waals surface area (Å²) in [4.78, 5) is 29.1. The molecule has 5 heterocycles. The maximum atomic E-state index is 12.4. The first-order valence-corrected chi connectivity index (χ1v) is 12.0. The lowest BCUT2D eigenvalue weighted by Crippen LogP contribution is -2.27. The fourth-order valence-corrected chi connectivity index (χ4v) is 4.30. The van der Waals surface area contributed by atoms with Crippen LogP contribution >= 0.6 is 0 Å². The maximum absolute atomic E-state index is 12.4. The molecule has 0 aliphatic heterocycles. The summed E-state index contributed by atoms with van der Waals surface area (Å²) in [7, 11) is 0. The van der Waals surface area contributed by atoms with Crippen LogP contribution in [0, 0.1) is 12.3 Å². The molecule has 3 N–H and O–H groups in total. The first-order valence-electron chi connectivity index (χ1n) is 12.0. The zero-order valence-electron chi connectivity index (χ0n) is 21.0. The Kier molecular flexibility index (Phi) is 5.15. The van der Waals surface area contributed by atoms with Gasteiger partial charge < -0.3 is 14.9 Å². The molecular formula is C28H26N8O. The van der Waals surface area contributed by atoms with Crippen LogP contribution in [-0.4, -0.2) is 40.6 Å². The van der Waals surface area contributed by atoms with Crippen molar-refractivity contribution in [3.63, 3.8) is 0 Å².